The summed E-state index contributed by atoms with van der Waals surface area (Å²) in [4.78, 5) is 4.04. The van der Waals surface area contributed by atoms with E-state index in [1.54, 1.807) is 18.2 Å². The van der Waals surface area contributed by atoms with Crippen molar-refractivity contribution in [3.05, 3.63) is 54.3 Å². The smallest absolute Gasteiger partial charge is 0.399 e. The standard InChI is InChI=1S/C14H8ClF3N4O/c15-14(17,18)13-22-21-12(23-13)8-5-6-11(19-7-8)20-10-4-2-1-3-9(10)16/h1-7H,(H,19,20). The first-order valence-corrected chi connectivity index (χ1v) is 6.70. The minimum absolute atomic E-state index is 0.148. The molecule has 0 bridgehead atoms. The summed E-state index contributed by atoms with van der Waals surface area (Å²) >= 11 is 4.80. The highest BCUT2D eigenvalue weighted by Crippen LogP contribution is 2.32. The maximum atomic E-state index is 13.5. The van der Waals surface area contributed by atoms with Gasteiger partial charge in [-0.3, -0.25) is 0 Å². The number of pyridine rings is 1. The van der Waals surface area contributed by atoms with Crippen molar-refractivity contribution in [3.63, 3.8) is 0 Å². The molecule has 3 aromatic rings. The molecule has 2 aromatic heterocycles. The first-order valence-electron chi connectivity index (χ1n) is 6.32. The molecule has 1 aromatic carbocycles. The molecule has 0 fully saturated rings. The van der Waals surface area contributed by atoms with Gasteiger partial charge in [0.15, 0.2) is 0 Å². The molecule has 2 heterocycles. The lowest BCUT2D eigenvalue weighted by Gasteiger charge is -2.06. The highest BCUT2D eigenvalue weighted by molar-refractivity contribution is 6.21. The van der Waals surface area contributed by atoms with Gasteiger partial charge in [0, 0.05) is 6.20 Å². The molecule has 0 aliphatic heterocycles. The van der Waals surface area contributed by atoms with E-state index in [0.717, 1.165) is 0 Å². The molecule has 0 spiro atoms. The number of nitrogens with zero attached hydrogens (tertiary/aromatic N) is 3. The second kappa shape index (κ2) is 5.88. The van der Waals surface area contributed by atoms with Crippen LogP contribution in [0.1, 0.15) is 5.89 Å². The summed E-state index contributed by atoms with van der Waals surface area (Å²) in [6, 6.07) is 9.13. The number of nitrogens with one attached hydrogen (secondary N) is 1. The van der Waals surface area contributed by atoms with Crippen LogP contribution in [0, 0.1) is 5.82 Å². The van der Waals surface area contributed by atoms with Gasteiger partial charge in [0.05, 0.1) is 11.3 Å². The maximum absolute atomic E-state index is 13.5. The molecular formula is C14H8ClF3N4O. The van der Waals surface area contributed by atoms with Crippen molar-refractivity contribution in [2.75, 3.05) is 5.32 Å². The van der Waals surface area contributed by atoms with E-state index in [9.17, 15) is 13.2 Å². The van der Waals surface area contributed by atoms with Crippen molar-refractivity contribution in [2.45, 2.75) is 5.38 Å². The van der Waals surface area contributed by atoms with Crippen LogP contribution in [0.3, 0.4) is 0 Å². The van der Waals surface area contributed by atoms with Gasteiger partial charge in [0.2, 0.25) is 5.89 Å². The maximum Gasteiger partial charge on any atom is 0.399 e. The van der Waals surface area contributed by atoms with Gasteiger partial charge >= 0.3 is 11.3 Å². The molecule has 3 rings (SSSR count). The first-order chi connectivity index (χ1) is 10.9. The Labute approximate surface area is 133 Å². The zero-order valence-electron chi connectivity index (χ0n) is 11.3. The number of benzene rings is 1. The number of alkyl halides is 3. The van der Waals surface area contributed by atoms with Crippen LogP contribution in [0.5, 0.6) is 0 Å². The fourth-order valence-corrected chi connectivity index (χ4v) is 1.83. The lowest BCUT2D eigenvalue weighted by molar-refractivity contribution is 0.0626. The Kier molecular flexibility index (Phi) is 3.91. The Bertz CT molecular complexity index is 817. The molecule has 23 heavy (non-hydrogen) atoms. The number of para-hydroxylation sites is 1. The summed E-state index contributed by atoms with van der Waals surface area (Å²) in [5, 5.41) is 5.71. The quantitative estimate of drug-likeness (QED) is 0.717. The molecule has 0 aliphatic rings. The van der Waals surface area contributed by atoms with Gasteiger partial charge in [0.25, 0.3) is 0 Å². The molecule has 0 amide bonds. The molecule has 0 radical (unpaired) electrons. The van der Waals surface area contributed by atoms with Crippen LogP contribution >= 0.6 is 11.6 Å². The Morgan fingerprint density at radius 3 is 2.48 bits per heavy atom. The lowest BCUT2D eigenvalue weighted by atomic mass is 10.2. The predicted octanol–water partition coefficient (Wildman–Crippen LogP) is 4.30. The van der Waals surface area contributed by atoms with Crippen molar-refractivity contribution in [2.24, 2.45) is 0 Å². The van der Waals surface area contributed by atoms with Gasteiger partial charge in [-0.15, -0.1) is 10.2 Å². The van der Waals surface area contributed by atoms with E-state index in [-0.39, 0.29) is 11.6 Å². The summed E-state index contributed by atoms with van der Waals surface area (Å²) in [5.74, 6) is -1.21. The second-order valence-corrected chi connectivity index (χ2v) is 4.92. The summed E-state index contributed by atoms with van der Waals surface area (Å²) in [6.45, 7) is 0. The van der Waals surface area contributed by atoms with Gasteiger partial charge in [0.1, 0.15) is 11.6 Å². The number of aromatic nitrogens is 3. The van der Waals surface area contributed by atoms with Gasteiger partial charge in [-0.2, -0.15) is 8.78 Å². The monoisotopic (exact) mass is 340 g/mol. The highest BCUT2D eigenvalue weighted by Gasteiger charge is 2.35. The van der Waals surface area contributed by atoms with Crippen molar-refractivity contribution < 1.29 is 17.6 Å². The van der Waals surface area contributed by atoms with Crippen LogP contribution < -0.4 is 5.32 Å². The summed E-state index contributed by atoms with van der Waals surface area (Å²) < 4.78 is 44.0. The van der Waals surface area contributed by atoms with E-state index >= 15 is 0 Å². The molecule has 0 atom stereocenters. The van der Waals surface area contributed by atoms with E-state index in [2.05, 4.69) is 20.5 Å². The van der Waals surface area contributed by atoms with E-state index in [4.69, 9.17) is 16.0 Å². The summed E-state index contributed by atoms with van der Waals surface area (Å²) in [5.41, 5.74) is 0.582. The van der Waals surface area contributed by atoms with Gasteiger partial charge in [-0.05, 0) is 35.9 Å². The van der Waals surface area contributed by atoms with Crippen LogP contribution in [-0.4, -0.2) is 15.2 Å². The van der Waals surface area contributed by atoms with Crippen LogP contribution in [0.2, 0.25) is 0 Å². The zero-order chi connectivity index (χ0) is 16.4. The minimum Gasteiger partial charge on any atom is -0.414 e. The summed E-state index contributed by atoms with van der Waals surface area (Å²) in [7, 11) is 0. The normalized spacial score (nSPS) is 11.5. The van der Waals surface area contributed by atoms with Crippen molar-refractivity contribution in [3.8, 4) is 11.5 Å². The van der Waals surface area contributed by atoms with Crippen LogP contribution in [0.15, 0.2) is 47.0 Å². The predicted molar refractivity (Wildman–Crippen MR) is 77.0 cm³/mol. The molecule has 118 valence electrons. The largest absolute Gasteiger partial charge is 0.414 e. The average Bonchev–Trinajstić information content (AvgIpc) is 3.00. The third kappa shape index (κ3) is 3.42. The highest BCUT2D eigenvalue weighted by atomic mass is 35.5. The van der Waals surface area contributed by atoms with E-state index in [0.29, 0.717) is 11.4 Å². The molecule has 0 unspecified atom stereocenters. The van der Waals surface area contributed by atoms with Gasteiger partial charge in [-0.1, -0.05) is 12.1 Å². The molecule has 5 nitrogen and oxygen atoms in total. The van der Waals surface area contributed by atoms with Crippen molar-refractivity contribution >= 4 is 23.1 Å². The van der Waals surface area contributed by atoms with Gasteiger partial charge < -0.3 is 9.73 Å². The first kappa shape index (κ1) is 15.3. The number of rotatable bonds is 4. The number of halogens is 4. The van der Waals surface area contributed by atoms with Crippen molar-refractivity contribution in [1.29, 1.82) is 0 Å². The number of hydrogen-bond donors (Lipinski definition) is 1. The Hall–Kier alpha value is -2.61. The van der Waals surface area contributed by atoms with Crippen LogP contribution in [-0.2, 0) is 5.38 Å². The summed E-state index contributed by atoms with van der Waals surface area (Å²) in [6.07, 6.45) is 1.33. The Balaban J connectivity index is 1.80. The average molecular weight is 341 g/mol. The molecule has 0 saturated carbocycles. The van der Waals surface area contributed by atoms with E-state index < -0.39 is 17.1 Å². The molecular weight excluding hydrogens is 333 g/mol. The van der Waals surface area contributed by atoms with Crippen LogP contribution in [0.25, 0.3) is 11.5 Å². The zero-order valence-corrected chi connectivity index (χ0v) is 12.1. The number of hydrogen-bond acceptors (Lipinski definition) is 5. The van der Waals surface area contributed by atoms with Crippen molar-refractivity contribution in [1.82, 2.24) is 15.2 Å². The molecule has 9 heteroatoms. The third-order valence-corrected chi connectivity index (χ3v) is 2.98. The minimum atomic E-state index is -3.73. The van der Waals surface area contributed by atoms with Gasteiger partial charge in [-0.25, -0.2) is 9.37 Å². The lowest BCUT2D eigenvalue weighted by Crippen LogP contribution is -2.03. The third-order valence-electron chi connectivity index (χ3n) is 2.81. The van der Waals surface area contributed by atoms with E-state index in [1.165, 1.54) is 24.4 Å². The molecule has 1 N–H and O–H groups in total. The number of anilines is 2. The Morgan fingerprint density at radius 2 is 1.87 bits per heavy atom. The Morgan fingerprint density at radius 1 is 1.09 bits per heavy atom. The second-order valence-electron chi connectivity index (χ2n) is 4.45. The van der Waals surface area contributed by atoms with E-state index in [1.807, 2.05) is 0 Å². The fourth-order valence-electron chi connectivity index (χ4n) is 1.75. The SMILES string of the molecule is Fc1ccccc1Nc1ccc(-c2nnc(C(F)(F)Cl)o2)cn1. The fraction of sp³-hybridized carbons (Fsp3) is 0.0714. The molecule has 0 aliphatic carbocycles. The van der Waals surface area contributed by atoms with Crippen LogP contribution in [0.4, 0.5) is 24.7 Å². The molecule has 0 saturated heterocycles. The topological polar surface area (TPSA) is 63.8 Å².